The second-order valence-corrected chi connectivity index (χ2v) is 3.77. The highest BCUT2D eigenvalue weighted by Crippen LogP contribution is 2.15. The minimum absolute atomic E-state index is 1.05. The molecule has 4 nitrogen and oxygen atoms in total. The summed E-state index contributed by atoms with van der Waals surface area (Å²) in [4.78, 5) is 0. The van der Waals surface area contributed by atoms with Crippen molar-refractivity contribution >= 4 is 0 Å². The molecule has 0 spiro atoms. The van der Waals surface area contributed by atoms with Crippen LogP contribution in [0.15, 0.2) is 0 Å². The predicted octanol–water partition coefficient (Wildman–Crippen LogP) is 0.00640. The summed E-state index contributed by atoms with van der Waals surface area (Å²) < 4.78 is 0. The molecular weight excluding hydrogens is 152 g/mol. The van der Waals surface area contributed by atoms with Crippen LogP contribution in [0.3, 0.4) is 0 Å². The number of hydrogen-bond donors (Lipinski definition) is 0. The lowest BCUT2D eigenvalue weighted by Gasteiger charge is -2.49. The van der Waals surface area contributed by atoms with E-state index in [0.29, 0.717) is 0 Å². The number of rotatable bonds is 0. The van der Waals surface area contributed by atoms with E-state index in [4.69, 9.17) is 0 Å². The molecule has 4 heteroatoms. The summed E-state index contributed by atoms with van der Waals surface area (Å²) in [6, 6.07) is 0. The number of fused-ring (bicyclic) bond motifs is 1. The van der Waals surface area contributed by atoms with E-state index in [2.05, 4.69) is 34.1 Å². The fraction of sp³-hybridized carbons (Fsp3) is 1.00. The van der Waals surface area contributed by atoms with Crippen LogP contribution >= 0.6 is 0 Å². The first-order valence-corrected chi connectivity index (χ1v) is 4.69. The minimum atomic E-state index is 1.05. The van der Waals surface area contributed by atoms with E-state index in [1.807, 2.05) is 0 Å². The summed E-state index contributed by atoms with van der Waals surface area (Å²) in [7, 11) is 4.29. The Morgan fingerprint density at radius 3 is 1.58 bits per heavy atom. The van der Waals surface area contributed by atoms with Crippen LogP contribution in [0.25, 0.3) is 0 Å². The summed E-state index contributed by atoms with van der Waals surface area (Å²) in [6.07, 6.45) is 2.71. The molecule has 12 heavy (non-hydrogen) atoms. The zero-order valence-corrected chi connectivity index (χ0v) is 8.03. The molecule has 0 aliphatic carbocycles. The van der Waals surface area contributed by atoms with E-state index in [-0.39, 0.29) is 0 Å². The maximum Gasteiger partial charge on any atom is 0.0784 e. The highest BCUT2D eigenvalue weighted by molar-refractivity contribution is 4.67. The van der Waals surface area contributed by atoms with Crippen LogP contribution in [0.4, 0.5) is 0 Å². The molecule has 2 fully saturated rings. The quantitative estimate of drug-likeness (QED) is 0.507. The SMILES string of the molecule is CN1CN2CCCCN2CN1C. The molecule has 0 amide bonds. The highest BCUT2D eigenvalue weighted by Gasteiger charge is 2.27. The first kappa shape index (κ1) is 8.44. The third kappa shape index (κ3) is 1.47. The third-order valence-electron chi connectivity index (χ3n) is 2.80. The Bertz CT molecular complexity index is 143. The monoisotopic (exact) mass is 170 g/mol. The van der Waals surface area contributed by atoms with Crippen LogP contribution in [0.1, 0.15) is 12.8 Å². The molecule has 0 aromatic rings. The van der Waals surface area contributed by atoms with Crippen molar-refractivity contribution in [1.82, 2.24) is 20.0 Å². The van der Waals surface area contributed by atoms with Crippen LogP contribution in [-0.4, -0.2) is 60.6 Å². The zero-order chi connectivity index (χ0) is 8.55. The van der Waals surface area contributed by atoms with E-state index in [1.165, 1.54) is 25.9 Å². The van der Waals surface area contributed by atoms with Crippen molar-refractivity contribution in [2.75, 3.05) is 40.5 Å². The highest BCUT2D eigenvalue weighted by atomic mass is 15.8. The van der Waals surface area contributed by atoms with Crippen LogP contribution < -0.4 is 0 Å². The summed E-state index contributed by atoms with van der Waals surface area (Å²) in [5.41, 5.74) is 0. The van der Waals surface area contributed by atoms with Gasteiger partial charge in [-0.05, 0) is 12.8 Å². The first-order valence-electron chi connectivity index (χ1n) is 4.69. The lowest BCUT2D eigenvalue weighted by molar-refractivity contribution is -0.214. The van der Waals surface area contributed by atoms with E-state index >= 15 is 0 Å². The fourth-order valence-electron chi connectivity index (χ4n) is 1.88. The lowest BCUT2D eigenvalue weighted by atomic mass is 10.2. The molecule has 2 heterocycles. The van der Waals surface area contributed by atoms with Gasteiger partial charge in [0.1, 0.15) is 0 Å². The topological polar surface area (TPSA) is 13.0 Å². The van der Waals surface area contributed by atoms with Crippen LogP contribution in [-0.2, 0) is 0 Å². The third-order valence-corrected chi connectivity index (χ3v) is 2.80. The summed E-state index contributed by atoms with van der Waals surface area (Å²) in [6.45, 7) is 4.57. The standard InChI is InChI=1S/C8H18N4/c1-9-7-11-5-3-4-6-12(11)8-10(9)2/h3-8H2,1-2H3. The van der Waals surface area contributed by atoms with Gasteiger partial charge in [0.2, 0.25) is 0 Å². The van der Waals surface area contributed by atoms with Gasteiger partial charge in [0.05, 0.1) is 13.3 Å². The molecule has 0 N–H and O–H groups in total. The Labute approximate surface area is 74.3 Å². The van der Waals surface area contributed by atoms with E-state index < -0.39 is 0 Å². The largest absolute Gasteiger partial charge is 0.228 e. The molecule has 0 saturated carbocycles. The van der Waals surface area contributed by atoms with Crippen molar-refractivity contribution in [3.05, 3.63) is 0 Å². The number of hydrazine groups is 2. The van der Waals surface area contributed by atoms with Crippen LogP contribution in [0.5, 0.6) is 0 Å². The molecule has 0 radical (unpaired) electrons. The Kier molecular flexibility index (Phi) is 2.32. The second-order valence-electron chi connectivity index (χ2n) is 3.77. The molecule has 2 aliphatic heterocycles. The normalized spacial score (nSPS) is 30.5. The Morgan fingerprint density at radius 1 is 0.750 bits per heavy atom. The van der Waals surface area contributed by atoms with Gasteiger partial charge >= 0.3 is 0 Å². The minimum Gasteiger partial charge on any atom is -0.228 e. The Morgan fingerprint density at radius 2 is 1.17 bits per heavy atom. The number of nitrogens with zero attached hydrogens (tertiary/aromatic N) is 4. The van der Waals surface area contributed by atoms with Gasteiger partial charge < -0.3 is 0 Å². The van der Waals surface area contributed by atoms with Gasteiger partial charge in [-0.2, -0.15) is 0 Å². The number of hydrogen-bond acceptors (Lipinski definition) is 4. The van der Waals surface area contributed by atoms with Crippen molar-refractivity contribution in [3.63, 3.8) is 0 Å². The first-order chi connectivity index (χ1) is 5.77. The predicted molar refractivity (Wildman–Crippen MR) is 47.9 cm³/mol. The van der Waals surface area contributed by atoms with Crippen molar-refractivity contribution in [1.29, 1.82) is 0 Å². The van der Waals surface area contributed by atoms with Gasteiger partial charge in [-0.15, -0.1) is 0 Å². The molecule has 0 aromatic heterocycles. The molecule has 0 bridgehead atoms. The lowest BCUT2D eigenvalue weighted by Crippen LogP contribution is -2.62. The molecule has 0 unspecified atom stereocenters. The van der Waals surface area contributed by atoms with Gasteiger partial charge in [0, 0.05) is 27.2 Å². The molecule has 70 valence electrons. The molecule has 0 aromatic carbocycles. The van der Waals surface area contributed by atoms with Crippen LogP contribution in [0, 0.1) is 0 Å². The average Bonchev–Trinajstić information content (AvgIpc) is 2.07. The average molecular weight is 170 g/mol. The summed E-state index contributed by atoms with van der Waals surface area (Å²) in [5, 5.41) is 9.43. The van der Waals surface area contributed by atoms with Crippen molar-refractivity contribution in [3.8, 4) is 0 Å². The molecular formula is C8H18N4. The Hall–Kier alpha value is -0.160. The van der Waals surface area contributed by atoms with E-state index in [9.17, 15) is 0 Å². The van der Waals surface area contributed by atoms with Gasteiger partial charge in [0.25, 0.3) is 0 Å². The summed E-state index contributed by atoms with van der Waals surface area (Å²) >= 11 is 0. The van der Waals surface area contributed by atoms with Crippen molar-refractivity contribution in [2.45, 2.75) is 12.8 Å². The zero-order valence-electron chi connectivity index (χ0n) is 8.03. The second kappa shape index (κ2) is 3.30. The molecule has 2 rings (SSSR count). The maximum absolute atomic E-state index is 2.45. The molecule has 0 atom stereocenters. The maximum atomic E-state index is 2.45. The Balaban J connectivity index is 1.98. The van der Waals surface area contributed by atoms with Crippen molar-refractivity contribution in [2.24, 2.45) is 0 Å². The molecule has 2 aliphatic rings. The van der Waals surface area contributed by atoms with E-state index in [0.717, 1.165) is 13.3 Å². The van der Waals surface area contributed by atoms with E-state index in [1.54, 1.807) is 0 Å². The van der Waals surface area contributed by atoms with Gasteiger partial charge in [-0.25, -0.2) is 20.0 Å². The van der Waals surface area contributed by atoms with Gasteiger partial charge in [0.15, 0.2) is 0 Å². The summed E-state index contributed by atoms with van der Waals surface area (Å²) in [5.74, 6) is 0. The molecule has 2 saturated heterocycles. The smallest absolute Gasteiger partial charge is 0.0784 e. The van der Waals surface area contributed by atoms with Crippen LogP contribution in [0.2, 0.25) is 0 Å². The van der Waals surface area contributed by atoms with Gasteiger partial charge in [-0.3, -0.25) is 0 Å². The van der Waals surface area contributed by atoms with Crippen molar-refractivity contribution < 1.29 is 0 Å². The fourth-order valence-corrected chi connectivity index (χ4v) is 1.88. The van der Waals surface area contributed by atoms with Gasteiger partial charge in [-0.1, -0.05) is 0 Å².